The zero-order valence-electron chi connectivity index (χ0n) is 9.86. The van der Waals surface area contributed by atoms with E-state index >= 15 is 0 Å². The van der Waals surface area contributed by atoms with Crippen LogP contribution in [-0.2, 0) is 14.3 Å². The lowest BCUT2D eigenvalue weighted by molar-refractivity contribution is -0.144. The minimum Gasteiger partial charge on any atom is -0.354 e. The van der Waals surface area contributed by atoms with Gasteiger partial charge >= 0.3 is 0 Å². The van der Waals surface area contributed by atoms with Crippen molar-refractivity contribution in [3.63, 3.8) is 0 Å². The topological polar surface area (TPSA) is 38.8 Å². The fourth-order valence-electron chi connectivity index (χ4n) is 1.79. The summed E-state index contributed by atoms with van der Waals surface area (Å²) in [5, 5.41) is 0. The number of hydrogen-bond acceptors (Lipinski definition) is 3. The van der Waals surface area contributed by atoms with Crippen molar-refractivity contribution in [1.82, 2.24) is 4.90 Å². The molecule has 1 saturated heterocycles. The van der Waals surface area contributed by atoms with Gasteiger partial charge in [-0.05, 0) is 18.8 Å². The molecule has 0 saturated carbocycles. The van der Waals surface area contributed by atoms with Crippen LogP contribution in [0.2, 0.25) is 0 Å². The van der Waals surface area contributed by atoms with Gasteiger partial charge in [0.1, 0.15) is 0 Å². The third kappa shape index (κ3) is 3.80. The van der Waals surface area contributed by atoms with E-state index in [2.05, 4.69) is 6.92 Å². The molecule has 0 aromatic carbocycles. The van der Waals surface area contributed by atoms with Crippen molar-refractivity contribution in [2.24, 2.45) is 5.92 Å². The van der Waals surface area contributed by atoms with Crippen molar-refractivity contribution in [1.29, 1.82) is 0 Å². The number of ether oxygens (including phenoxy) is 2. The molecule has 0 aromatic heterocycles. The van der Waals surface area contributed by atoms with Crippen LogP contribution in [0, 0.1) is 5.92 Å². The summed E-state index contributed by atoms with van der Waals surface area (Å²) < 4.78 is 10.2. The normalized spacial score (nSPS) is 23.3. The number of rotatable bonds is 4. The molecular weight excluding hydrogens is 194 g/mol. The Morgan fingerprint density at radius 3 is 2.67 bits per heavy atom. The summed E-state index contributed by atoms with van der Waals surface area (Å²) in [6.07, 6.45) is 2.43. The van der Waals surface area contributed by atoms with E-state index in [4.69, 9.17) is 9.47 Å². The second kappa shape index (κ2) is 6.08. The first-order valence-corrected chi connectivity index (χ1v) is 5.50. The highest BCUT2D eigenvalue weighted by Gasteiger charge is 2.22. The van der Waals surface area contributed by atoms with Gasteiger partial charge in [-0.2, -0.15) is 0 Å². The Morgan fingerprint density at radius 1 is 1.40 bits per heavy atom. The summed E-state index contributed by atoms with van der Waals surface area (Å²) in [6.45, 7) is 3.56. The molecule has 0 spiro atoms. The number of nitrogens with zero attached hydrogens (tertiary/aromatic N) is 1. The molecule has 4 nitrogen and oxygen atoms in total. The first kappa shape index (κ1) is 12.5. The smallest absolute Gasteiger partial charge is 0.222 e. The van der Waals surface area contributed by atoms with Crippen LogP contribution >= 0.6 is 0 Å². The van der Waals surface area contributed by atoms with E-state index in [0.717, 1.165) is 19.4 Å². The molecule has 0 bridgehead atoms. The van der Waals surface area contributed by atoms with Gasteiger partial charge in [0.25, 0.3) is 0 Å². The molecule has 1 aliphatic heterocycles. The summed E-state index contributed by atoms with van der Waals surface area (Å²) in [5.74, 6) is 0.862. The molecule has 1 fully saturated rings. The molecule has 1 amide bonds. The van der Waals surface area contributed by atoms with E-state index in [-0.39, 0.29) is 12.2 Å². The van der Waals surface area contributed by atoms with Gasteiger partial charge in [0.15, 0.2) is 6.29 Å². The Balaban J connectivity index is 2.48. The average Bonchev–Trinajstić information content (AvgIpc) is 2.40. The van der Waals surface area contributed by atoms with Gasteiger partial charge in [-0.3, -0.25) is 4.79 Å². The number of hydrogen-bond donors (Lipinski definition) is 0. The van der Waals surface area contributed by atoms with E-state index < -0.39 is 0 Å². The summed E-state index contributed by atoms with van der Waals surface area (Å²) in [7, 11) is 3.19. The maximum atomic E-state index is 11.7. The lowest BCUT2D eigenvalue weighted by atomic mass is 10.0. The Morgan fingerprint density at radius 2 is 2.07 bits per heavy atom. The van der Waals surface area contributed by atoms with Gasteiger partial charge in [0.05, 0.1) is 6.54 Å². The maximum absolute atomic E-state index is 11.7. The van der Waals surface area contributed by atoms with Crippen LogP contribution in [-0.4, -0.2) is 44.4 Å². The van der Waals surface area contributed by atoms with Gasteiger partial charge in [0.2, 0.25) is 5.91 Å². The van der Waals surface area contributed by atoms with Crippen molar-refractivity contribution >= 4 is 5.91 Å². The van der Waals surface area contributed by atoms with E-state index in [9.17, 15) is 4.79 Å². The predicted molar refractivity (Wildman–Crippen MR) is 57.4 cm³/mol. The Bertz CT molecular complexity index is 204. The molecule has 1 rings (SSSR count). The number of carbonyl (C=O) groups excluding carboxylic acids is 1. The molecular formula is C11H21NO3. The highest BCUT2D eigenvalue weighted by Crippen LogP contribution is 2.17. The van der Waals surface area contributed by atoms with E-state index in [1.807, 2.05) is 4.90 Å². The van der Waals surface area contributed by atoms with Crippen molar-refractivity contribution in [3.8, 4) is 0 Å². The number of methoxy groups -OCH3 is 2. The first-order chi connectivity index (χ1) is 7.17. The quantitative estimate of drug-likeness (QED) is 0.663. The predicted octanol–water partition coefficient (Wildman–Crippen LogP) is 1.25. The average molecular weight is 215 g/mol. The molecule has 1 unspecified atom stereocenters. The lowest BCUT2D eigenvalue weighted by Gasteiger charge is -2.24. The molecule has 0 aliphatic carbocycles. The maximum Gasteiger partial charge on any atom is 0.222 e. The van der Waals surface area contributed by atoms with Crippen LogP contribution in [0.1, 0.15) is 26.2 Å². The fourth-order valence-corrected chi connectivity index (χ4v) is 1.79. The second-order valence-corrected chi connectivity index (χ2v) is 4.17. The summed E-state index contributed by atoms with van der Waals surface area (Å²) >= 11 is 0. The van der Waals surface area contributed by atoms with E-state index in [1.54, 1.807) is 14.2 Å². The molecule has 0 N–H and O–H groups in total. The van der Waals surface area contributed by atoms with E-state index in [1.165, 1.54) is 0 Å². The lowest BCUT2D eigenvalue weighted by Crippen LogP contribution is -2.38. The van der Waals surface area contributed by atoms with Gasteiger partial charge in [-0.15, -0.1) is 0 Å². The standard InChI is InChI=1S/C11H21NO3/c1-9-4-5-10(13)12(7-6-9)8-11(14-2)15-3/h9,11H,4-8H2,1-3H3. The van der Waals surface area contributed by atoms with Crippen LogP contribution in [0.4, 0.5) is 0 Å². The van der Waals surface area contributed by atoms with Crippen LogP contribution < -0.4 is 0 Å². The SMILES string of the molecule is COC(CN1CCC(C)CCC1=O)OC. The molecule has 88 valence electrons. The minimum atomic E-state index is -0.303. The highest BCUT2D eigenvalue weighted by molar-refractivity contribution is 5.76. The first-order valence-electron chi connectivity index (χ1n) is 5.50. The van der Waals surface area contributed by atoms with Gasteiger partial charge < -0.3 is 14.4 Å². The molecule has 0 radical (unpaired) electrons. The summed E-state index contributed by atoms with van der Waals surface area (Å²) in [5.41, 5.74) is 0. The van der Waals surface area contributed by atoms with Crippen LogP contribution in [0.25, 0.3) is 0 Å². The van der Waals surface area contributed by atoms with Crippen LogP contribution in [0.3, 0.4) is 0 Å². The molecule has 4 heteroatoms. The Hall–Kier alpha value is -0.610. The van der Waals surface area contributed by atoms with Crippen molar-refractivity contribution in [2.45, 2.75) is 32.5 Å². The summed E-state index contributed by atoms with van der Waals surface area (Å²) in [6, 6.07) is 0. The molecule has 1 atom stereocenters. The highest BCUT2D eigenvalue weighted by atomic mass is 16.7. The number of amides is 1. The summed E-state index contributed by atoms with van der Waals surface area (Å²) in [4.78, 5) is 13.6. The second-order valence-electron chi connectivity index (χ2n) is 4.17. The van der Waals surface area contributed by atoms with Gasteiger partial charge in [0, 0.05) is 27.2 Å². The number of likely N-dealkylation sites (tertiary alicyclic amines) is 1. The monoisotopic (exact) mass is 215 g/mol. The minimum absolute atomic E-state index is 0.221. The van der Waals surface area contributed by atoms with E-state index in [0.29, 0.717) is 18.9 Å². The van der Waals surface area contributed by atoms with Crippen LogP contribution in [0.5, 0.6) is 0 Å². The molecule has 1 aliphatic rings. The van der Waals surface area contributed by atoms with Crippen molar-refractivity contribution in [3.05, 3.63) is 0 Å². The third-order valence-corrected chi connectivity index (χ3v) is 2.99. The zero-order valence-corrected chi connectivity index (χ0v) is 9.86. The number of carbonyl (C=O) groups is 1. The molecule has 1 heterocycles. The fraction of sp³-hybridized carbons (Fsp3) is 0.909. The third-order valence-electron chi connectivity index (χ3n) is 2.99. The van der Waals surface area contributed by atoms with Crippen molar-refractivity contribution in [2.75, 3.05) is 27.3 Å². The van der Waals surface area contributed by atoms with Crippen LogP contribution in [0.15, 0.2) is 0 Å². The molecule has 0 aromatic rings. The van der Waals surface area contributed by atoms with Gasteiger partial charge in [-0.25, -0.2) is 0 Å². The zero-order chi connectivity index (χ0) is 11.3. The molecule has 15 heavy (non-hydrogen) atoms. The van der Waals surface area contributed by atoms with Crippen molar-refractivity contribution < 1.29 is 14.3 Å². The van der Waals surface area contributed by atoms with Gasteiger partial charge in [-0.1, -0.05) is 6.92 Å². The Labute approximate surface area is 91.5 Å². The largest absolute Gasteiger partial charge is 0.354 e. The Kier molecular flexibility index (Phi) is 5.05.